The quantitative estimate of drug-likeness (QED) is 0.335. The van der Waals surface area contributed by atoms with Crippen LogP contribution in [0.3, 0.4) is 0 Å². The van der Waals surface area contributed by atoms with Crippen molar-refractivity contribution in [1.82, 2.24) is 9.78 Å². The fourth-order valence-corrected chi connectivity index (χ4v) is 2.30. The molecule has 0 aliphatic rings. The highest BCUT2D eigenvalue weighted by Gasteiger charge is 2.28. The summed E-state index contributed by atoms with van der Waals surface area (Å²) in [5, 5.41) is 24.6. The zero-order valence-corrected chi connectivity index (χ0v) is 13.3. The van der Waals surface area contributed by atoms with E-state index >= 15 is 0 Å². The van der Waals surface area contributed by atoms with Crippen LogP contribution in [0.5, 0.6) is 5.75 Å². The van der Waals surface area contributed by atoms with Crippen LogP contribution < -0.4 is 5.32 Å². The van der Waals surface area contributed by atoms with Crippen molar-refractivity contribution in [2.75, 3.05) is 5.32 Å². The van der Waals surface area contributed by atoms with E-state index in [-0.39, 0.29) is 5.69 Å². The van der Waals surface area contributed by atoms with Crippen LogP contribution in [0, 0.1) is 10.1 Å². The second-order valence-electron chi connectivity index (χ2n) is 4.85. The van der Waals surface area contributed by atoms with E-state index in [1.807, 2.05) is 5.32 Å². The van der Waals surface area contributed by atoms with Gasteiger partial charge in [-0.05, 0) is 6.07 Å². The van der Waals surface area contributed by atoms with Crippen LogP contribution >= 0.6 is 11.6 Å². The Labute approximate surface area is 147 Å². The number of anilines is 1. The van der Waals surface area contributed by atoms with Gasteiger partial charge in [0.1, 0.15) is 23.7 Å². The van der Waals surface area contributed by atoms with E-state index < -0.39 is 58.1 Å². The van der Waals surface area contributed by atoms with E-state index in [2.05, 4.69) is 5.10 Å². The first kappa shape index (κ1) is 19.4. The van der Waals surface area contributed by atoms with E-state index in [0.717, 1.165) is 18.2 Å². The molecule has 0 aliphatic carbocycles. The number of carbonyl (C=O) groups is 1. The lowest BCUT2D eigenvalue weighted by Crippen LogP contribution is -2.21. The fraction of sp³-hybridized carbons (Fsp3) is 0.231. The third-order valence-electron chi connectivity index (χ3n) is 3.13. The van der Waals surface area contributed by atoms with Gasteiger partial charge in [0, 0.05) is 12.1 Å². The Balaban J connectivity index is 2.27. The Morgan fingerprint density at radius 1 is 1.35 bits per heavy atom. The van der Waals surface area contributed by atoms with Gasteiger partial charge >= 0.3 is 0 Å². The van der Waals surface area contributed by atoms with Gasteiger partial charge in [-0.2, -0.15) is 5.10 Å². The van der Waals surface area contributed by atoms with Gasteiger partial charge < -0.3 is 10.4 Å². The van der Waals surface area contributed by atoms with Crippen LogP contribution in [0.25, 0.3) is 0 Å². The maximum atomic E-state index is 13.0. The summed E-state index contributed by atoms with van der Waals surface area (Å²) < 4.78 is 51.8. The van der Waals surface area contributed by atoms with Crippen molar-refractivity contribution in [2.24, 2.45) is 0 Å². The van der Waals surface area contributed by atoms with Crippen LogP contribution in [0.15, 0.2) is 18.2 Å². The second-order valence-corrected chi connectivity index (χ2v) is 5.23. The van der Waals surface area contributed by atoms with Crippen molar-refractivity contribution in [3.05, 3.63) is 44.7 Å². The number of aromatic hydroxyl groups is 1. The number of alkyl halides is 4. The minimum absolute atomic E-state index is 0.304. The minimum Gasteiger partial charge on any atom is -0.506 e. The van der Waals surface area contributed by atoms with Gasteiger partial charge in [-0.3, -0.25) is 19.6 Å². The van der Waals surface area contributed by atoms with Crippen LogP contribution in [0.2, 0.25) is 5.02 Å². The molecule has 26 heavy (non-hydrogen) atoms. The summed E-state index contributed by atoms with van der Waals surface area (Å²) >= 11 is 5.45. The number of nitro benzene ring substituents is 1. The molecule has 0 saturated carbocycles. The smallest absolute Gasteiger partial charge is 0.283 e. The van der Waals surface area contributed by atoms with Crippen molar-refractivity contribution in [2.45, 2.75) is 19.4 Å². The zero-order valence-electron chi connectivity index (χ0n) is 12.5. The number of nitro groups is 1. The molecule has 1 heterocycles. The molecule has 1 amide bonds. The molecule has 2 aromatic rings. The topological polar surface area (TPSA) is 110 Å². The summed E-state index contributed by atoms with van der Waals surface area (Å²) in [4.78, 5) is 21.9. The van der Waals surface area contributed by atoms with Gasteiger partial charge in [-0.15, -0.1) is 0 Å². The lowest BCUT2D eigenvalue weighted by atomic mass is 10.2. The first-order valence-corrected chi connectivity index (χ1v) is 7.09. The molecule has 0 spiro atoms. The number of non-ortho nitro benzene ring substituents is 1. The molecule has 0 saturated heterocycles. The monoisotopic (exact) mass is 396 g/mol. The standard InChI is InChI=1S/C13H9ClF4N4O4/c14-9-10(12(15)16)20-21(11(9)13(17)18)4-8(24)19-6-3-5(22(25)26)1-2-7(6)23/h1-3,12-13,23H,4H2,(H,19,24). The van der Waals surface area contributed by atoms with Gasteiger partial charge in [0.15, 0.2) is 0 Å². The number of phenolic OH excluding ortho intramolecular Hbond substituents is 1. The average Bonchev–Trinajstić information content (AvgIpc) is 2.85. The minimum atomic E-state index is -3.28. The number of aromatic nitrogens is 2. The van der Waals surface area contributed by atoms with Crippen LogP contribution in [-0.4, -0.2) is 25.7 Å². The summed E-state index contributed by atoms with van der Waals surface area (Å²) in [5.41, 5.74) is -2.99. The van der Waals surface area contributed by atoms with Gasteiger partial charge in [0.2, 0.25) is 5.91 Å². The molecule has 13 heteroatoms. The number of hydrogen-bond acceptors (Lipinski definition) is 5. The highest BCUT2D eigenvalue weighted by molar-refractivity contribution is 6.32. The molecule has 1 aromatic carbocycles. The first-order chi connectivity index (χ1) is 12.1. The molecular weight excluding hydrogens is 388 g/mol. The molecule has 0 radical (unpaired) electrons. The Hall–Kier alpha value is -2.89. The zero-order chi connectivity index (χ0) is 19.6. The van der Waals surface area contributed by atoms with Crippen molar-refractivity contribution in [1.29, 1.82) is 0 Å². The number of nitrogens with one attached hydrogen (secondary N) is 1. The van der Waals surface area contributed by atoms with Crippen molar-refractivity contribution in [3.63, 3.8) is 0 Å². The second kappa shape index (κ2) is 7.56. The highest BCUT2D eigenvalue weighted by atomic mass is 35.5. The normalized spacial score (nSPS) is 11.2. The molecule has 0 aliphatic heterocycles. The number of benzene rings is 1. The van der Waals surface area contributed by atoms with Gasteiger partial charge in [0.25, 0.3) is 18.5 Å². The summed E-state index contributed by atoms with van der Waals surface area (Å²) in [6, 6.07) is 2.75. The predicted molar refractivity (Wildman–Crippen MR) is 80.5 cm³/mol. The third kappa shape index (κ3) is 4.02. The Morgan fingerprint density at radius 3 is 2.54 bits per heavy atom. The van der Waals surface area contributed by atoms with E-state index in [9.17, 15) is 37.6 Å². The first-order valence-electron chi connectivity index (χ1n) is 6.71. The molecule has 0 atom stereocenters. The van der Waals surface area contributed by atoms with Crippen molar-refractivity contribution >= 4 is 28.9 Å². The molecule has 0 fully saturated rings. The Morgan fingerprint density at radius 2 is 2.00 bits per heavy atom. The molecule has 0 unspecified atom stereocenters. The number of amides is 1. The lowest BCUT2D eigenvalue weighted by Gasteiger charge is -2.09. The summed E-state index contributed by atoms with van der Waals surface area (Å²) in [6.45, 7) is -0.936. The van der Waals surface area contributed by atoms with Crippen LogP contribution in [0.1, 0.15) is 24.2 Å². The van der Waals surface area contributed by atoms with Crippen molar-refractivity contribution in [3.8, 4) is 5.75 Å². The number of phenols is 1. The number of rotatable bonds is 6. The largest absolute Gasteiger partial charge is 0.506 e. The Kier molecular flexibility index (Phi) is 5.65. The molecule has 2 N–H and O–H groups in total. The number of halogens is 5. The van der Waals surface area contributed by atoms with Gasteiger partial charge in [-0.1, -0.05) is 11.6 Å². The molecule has 140 valence electrons. The molecular formula is C13H9ClF4N4O4. The summed E-state index contributed by atoms with van der Waals surface area (Å²) in [6.07, 6.45) is -6.51. The summed E-state index contributed by atoms with van der Waals surface area (Å²) in [7, 11) is 0. The average molecular weight is 397 g/mol. The summed E-state index contributed by atoms with van der Waals surface area (Å²) in [5.74, 6) is -1.58. The maximum absolute atomic E-state index is 13.0. The third-order valence-corrected chi connectivity index (χ3v) is 3.52. The van der Waals surface area contributed by atoms with Crippen LogP contribution in [0.4, 0.5) is 28.9 Å². The SMILES string of the molecule is O=C(Cn1nc(C(F)F)c(Cl)c1C(F)F)Nc1cc([N+](=O)[O-])ccc1O. The van der Waals surface area contributed by atoms with Gasteiger partial charge in [-0.25, -0.2) is 17.6 Å². The van der Waals surface area contributed by atoms with E-state index in [1.165, 1.54) is 0 Å². The Bertz CT molecular complexity index is 859. The maximum Gasteiger partial charge on any atom is 0.283 e. The van der Waals surface area contributed by atoms with Gasteiger partial charge in [0.05, 0.1) is 15.6 Å². The number of nitrogens with zero attached hydrogens (tertiary/aromatic N) is 3. The van der Waals surface area contributed by atoms with E-state index in [0.29, 0.717) is 4.68 Å². The fourth-order valence-electron chi connectivity index (χ4n) is 2.00. The predicted octanol–water partition coefficient (Wildman–Crippen LogP) is 3.66. The van der Waals surface area contributed by atoms with Crippen LogP contribution in [-0.2, 0) is 11.3 Å². The number of carbonyl (C=O) groups excluding carboxylic acids is 1. The molecule has 0 bridgehead atoms. The van der Waals surface area contributed by atoms with E-state index in [1.54, 1.807) is 0 Å². The molecule has 2 rings (SSSR count). The molecule has 8 nitrogen and oxygen atoms in total. The number of hydrogen-bond donors (Lipinski definition) is 2. The van der Waals surface area contributed by atoms with Crippen molar-refractivity contribution < 1.29 is 32.4 Å². The van der Waals surface area contributed by atoms with E-state index in [4.69, 9.17) is 11.6 Å². The lowest BCUT2D eigenvalue weighted by molar-refractivity contribution is -0.384. The highest BCUT2D eigenvalue weighted by Crippen LogP contribution is 2.34. The molecule has 1 aromatic heterocycles.